The fourth-order valence-corrected chi connectivity index (χ4v) is 2.68. The van der Waals surface area contributed by atoms with Crippen LogP contribution < -0.4 is 10.2 Å². The lowest BCUT2D eigenvalue weighted by atomic mass is 10.1. The molecule has 3 heteroatoms. The summed E-state index contributed by atoms with van der Waals surface area (Å²) in [6.07, 6.45) is 2.49. The van der Waals surface area contributed by atoms with Gasteiger partial charge in [-0.15, -0.1) is 0 Å². The minimum absolute atomic E-state index is 0.624. The Labute approximate surface area is 110 Å². The smallest absolute Gasteiger partial charge is 0.0733 e. The van der Waals surface area contributed by atoms with E-state index in [-0.39, 0.29) is 0 Å². The lowest BCUT2D eigenvalue weighted by Gasteiger charge is -2.36. The molecule has 0 spiro atoms. The van der Waals surface area contributed by atoms with Gasteiger partial charge in [0.15, 0.2) is 0 Å². The van der Waals surface area contributed by atoms with Crippen LogP contribution in [0.3, 0.4) is 0 Å². The van der Waals surface area contributed by atoms with Gasteiger partial charge in [0.05, 0.1) is 6.61 Å². The molecular formula is C15H24N2O. The van der Waals surface area contributed by atoms with E-state index in [1.165, 1.54) is 24.1 Å². The molecule has 100 valence electrons. The van der Waals surface area contributed by atoms with E-state index in [9.17, 15) is 0 Å². The molecule has 1 aromatic carbocycles. The maximum absolute atomic E-state index is 5.29. The van der Waals surface area contributed by atoms with Crippen molar-refractivity contribution in [2.24, 2.45) is 0 Å². The third kappa shape index (κ3) is 3.24. The Bertz CT molecular complexity index is 365. The minimum atomic E-state index is 0.624. The highest BCUT2D eigenvalue weighted by molar-refractivity contribution is 5.54. The summed E-state index contributed by atoms with van der Waals surface area (Å²) in [5, 5.41) is 3.60. The second-order valence-electron chi connectivity index (χ2n) is 4.95. The van der Waals surface area contributed by atoms with Gasteiger partial charge in [-0.1, -0.05) is 31.5 Å². The second-order valence-corrected chi connectivity index (χ2v) is 4.95. The van der Waals surface area contributed by atoms with Crippen molar-refractivity contribution in [3.05, 3.63) is 29.8 Å². The van der Waals surface area contributed by atoms with Crippen molar-refractivity contribution in [3.63, 3.8) is 0 Å². The number of ether oxygens (including phenoxy) is 1. The van der Waals surface area contributed by atoms with Gasteiger partial charge in [-0.25, -0.2) is 0 Å². The zero-order valence-corrected chi connectivity index (χ0v) is 11.5. The SMILES string of the molecule is CCCC1CN(c2ccccc2COC)CCN1. The van der Waals surface area contributed by atoms with Gasteiger partial charge < -0.3 is 15.0 Å². The summed E-state index contributed by atoms with van der Waals surface area (Å²) in [6, 6.07) is 9.20. The van der Waals surface area contributed by atoms with E-state index in [1.807, 2.05) is 0 Å². The number of hydrogen-bond donors (Lipinski definition) is 1. The predicted molar refractivity (Wildman–Crippen MR) is 76.1 cm³/mol. The number of nitrogens with zero attached hydrogens (tertiary/aromatic N) is 1. The Hall–Kier alpha value is -1.06. The molecule has 18 heavy (non-hydrogen) atoms. The van der Waals surface area contributed by atoms with Crippen LogP contribution in [0.4, 0.5) is 5.69 Å². The molecule has 1 atom stereocenters. The van der Waals surface area contributed by atoms with Crippen LogP contribution in [-0.2, 0) is 11.3 Å². The number of rotatable bonds is 5. The fraction of sp³-hybridized carbons (Fsp3) is 0.600. The van der Waals surface area contributed by atoms with Gasteiger partial charge in [0, 0.05) is 44.0 Å². The highest BCUT2D eigenvalue weighted by atomic mass is 16.5. The number of nitrogens with one attached hydrogen (secondary N) is 1. The van der Waals surface area contributed by atoms with Gasteiger partial charge in [0.1, 0.15) is 0 Å². The molecule has 1 saturated heterocycles. The molecule has 1 N–H and O–H groups in total. The maximum Gasteiger partial charge on any atom is 0.0733 e. The van der Waals surface area contributed by atoms with E-state index >= 15 is 0 Å². The number of methoxy groups -OCH3 is 1. The highest BCUT2D eigenvalue weighted by Crippen LogP contribution is 2.22. The van der Waals surface area contributed by atoms with Crippen LogP contribution in [-0.4, -0.2) is 32.8 Å². The maximum atomic E-state index is 5.29. The first-order valence-corrected chi connectivity index (χ1v) is 6.90. The first kappa shape index (κ1) is 13.4. The molecule has 0 aromatic heterocycles. The Morgan fingerprint density at radius 1 is 1.39 bits per heavy atom. The second kappa shape index (κ2) is 6.76. The van der Waals surface area contributed by atoms with Gasteiger partial charge in [-0.2, -0.15) is 0 Å². The number of piperazine rings is 1. The Balaban J connectivity index is 2.10. The van der Waals surface area contributed by atoms with Crippen LogP contribution in [0.25, 0.3) is 0 Å². The quantitative estimate of drug-likeness (QED) is 0.866. The Kier molecular flexibility index (Phi) is 5.02. The van der Waals surface area contributed by atoms with E-state index in [1.54, 1.807) is 7.11 Å². The summed E-state index contributed by atoms with van der Waals surface area (Å²) in [5.41, 5.74) is 2.62. The average Bonchev–Trinajstić information content (AvgIpc) is 2.40. The highest BCUT2D eigenvalue weighted by Gasteiger charge is 2.20. The monoisotopic (exact) mass is 248 g/mol. The molecule has 1 unspecified atom stereocenters. The summed E-state index contributed by atoms with van der Waals surface area (Å²) in [6.45, 7) is 6.21. The average molecular weight is 248 g/mol. The largest absolute Gasteiger partial charge is 0.380 e. The summed E-state index contributed by atoms with van der Waals surface area (Å²) < 4.78 is 5.29. The van der Waals surface area contributed by atoms with Crippen molar-refractivity contribution in [1.82, 2.24) is 5.32 Å². The van der Waals surface area contributed by atoms with E-state index < -0.39 is 0 Å². The minimum Gasteiger partial charge on any atom is -0.380 e. The lowest BCUT2D eigenvalue weighted by molar-refractivity contribution is 0.185. The zero-order valence-electron chi connectivity index (χ0n) is 11.5. The third-order valence-corrected chi connectivity index (χ3v) is 3.52. The molecular weight excluding hydrogens is 224 g/mol. The van der Waals surface area contributed by atoms with Crippen LogP contribution in [0.15, 0.2) is 24.3 Å². The van der Waals surface area contributed by atoms with Crippen LogP contribution in [0, 0.1) is 0 Å². The van der Waals surface area contributed by atoms with Crippen LogP contribution in [0.2, 0.25) is 0 Å². The predicted octanol–water partition coefficient (Wildman–Crippen LogP) is 2.41. The van der Waals surface area contributed by atoms with Crippen molar-refractivity contribution in [3.8, 4) is 0 Å². The third-order valence-electron chi connectivity index (χ3n) is 3.52. The Morgan fingerprint density at radius 3 is 3.00 bits per heavy atom. The molecule has 1 aromatic rings. The van der Waals surface area contributed by atoms with Gasteiger partial charge in [-0.3, -0.25) is 0 Å². The zero-order chi connectivity index (χ0) is 12.8. The molecule has 2 rings (SSSR count). The molecule has 0 amide bonds. The summed E-state index contributed by atoms with van der Waals surface area (Å²) in [7, 11) is 1.76. The standard InChI is InChI=1S/C15H24N2O/c1-3-6-14-11-17(10-9-16-14)15-8-5-4-7-13(15)12-18-2/h4-5,7-8,14,16H,3,6,9-12H2,1-2H3. The van der Waals surface area contributed by atoms with Crippen LogP contribution in [0.1, 0.15) is 25.3 Å². The van der Waals surface area contributed by atoms with Gasteiger partial charge in [0.2, 0.25) is 0 Å². The number of para-hydroxylation sites is 1. The molecule has 0 bridgehead atoms. The van der Waals surface area contributed by atoms with E-state index in [0.29, 0.717) is 12.6 Å². The first-order valence-electron chi connectivity index (χ1n) is 6.90. The van der Waals surface area contributed by atoms with Gasteiger partial charge in [-0.05, 0) is 12.5 Å². The molecule has 0 radical (unpaired) electrons. The van der Waals surface area contributed by atoms with Crippen LogP contribution >= 0.6 is 0 Å². The number of anilines is 1. The van der Waals surface area contributed by atoms with Crippen molar-refractivity contribution in [1.29, 1.82) is 0 Å². The van der Waals surface area contributed by atoms with Gasteiger partial charge in [0.25, 0.3) is 0 Å². The number of benzene rings is 1. The fourth-order valence-electron chi connectivity index (χ4n) is 2.68. The Morgan fingerprint density at radius 2 is 2.22 bits per heavy atom. The molecule has 3 nitrogen and oxygen atoms in total. The first-order chi connectivity index (χ1) is 8.85. The normalized spacial score (nSPS) is 20.1. The molecule has 0 aliphatic carbocycles. The number of hydrogen-bond acceptors (Lipinski definition) is 3. The molecule has 1 heterocycles. The van der Waals surface area contributed by atoms with E-state index in [0.717, 1.165) is 19.6 Å². The molecule has 1 aliphatic rings. The lowest BCUT2D eigenvalue weighted by Crippen LogP contribution is -2.50. The topological polar surface area (TPSA) is 24.5 Å². The van der Waals surface area contributed by atoms with Gasteiger partial charge >= 0.3 is 0 Å². The van der Waals surface area contributed by atoms with E-state index in [4.69, 9.17) is 4.74 Å². The van der Waals surface area contributed by atoms with E-state index in [2.05, 4.69) is 41.4 Å². The molecule has 1 aliphatic heterocycles. The van der Waals surface area contributed by atoms with Crippen molar-refractivity contribution in [2.75, 3.05) is 31.6 Å². The summed E-state index contributed by atoms with van der Waals surface area (Å²) in [4.78, 5) is 2.49. The molecule has 0 saturated carbocycles. The molecule has 1 fully saturated rings. The summed E-state index contributed by atoms with van der Waals surface area (Å²) in [5.74, 6) is 0. The van der Waals surface area contributed by atoms with Crippen molar-refractivity contribution in [2.45, 2.75) is 32.4 Å². The van der Waals surface area contributed by atoms with Crippen molar-refractivity contribution >= 4 is 5.69 Å². The van der Waals surface area contributed by atoms with Crippen molar-refractivity contribution < 1.29 is 4.74 Å². The van der Waals surface area contributed by atoms with Crippen LogP contribution in [0.5, 0.6) is 0 Å². The summed E-state index contributed by atoms with van der Waals surface area (Å²) >= 11 is 0.